The van der Waals surface area contributed by atoms with E-state index in [1.807, 2.05) is 62.3 Å². The first kappa shape index (κ1) is 17.3. The number of amides is 2. The molecule has 0 aromatic heterocycles. The summed E-state index contributed by atoms with van der Waals surface area (Å²) in [4.78, 5) is 28.7. The molecule has 2 rings (SSSR count). The van der Waals surface area contributed by atoms with Crippen LogP contribution in [0.2, 0.25) is 0 Å². The molecule has 0 saturated heterocycles. The standard InChI is InChI=1S/C17H26N4O2/c1-20(2)12-11-18-15(22)17(9-10-17)16(23)19-13-5-7-14(8-6-13)21(3)4/h5-8H,9-12H2,1-4H3,(H,18,22)(H,19,23). The van der Waals surface area contributed by atoms with Gasteiger partial charge in [-0.2, -0.15) is 0 Å². The van der Waals surface area contributed by atoms with Crippen molar-refractivity contribution in [2.24, 2.45) is 5.41 Å². The molecular weight excluding hydrogens is 292 g/mol. The van der Waals surface area contributed by atoms with Crippen LogP contribution in [0.3, 0.4) is 0 Å². The fraction of sp³-hybridized carbons (Fsp3) is 0.529. The molecule has 0 bridgehead atoms. The van der Waals surface area contributed by atoms with E-state index in [2.05, 4.69) is 10.6 Å². The van der Waals surface area contributed by atoms with Crippen molar-refractivity contribution in [2.75, 3.05) is 51.5 Å². The van der Waals surface area contributed by atoms with Crippen molar-refractivity contribution >= 4 is 23.2 Å². The van der Waals surface area contributed by atoms with Gasteiger partial charge in [-0.3, -0.25) is 9.59 Å². The summed E-state index contributed by atoms with van der Waals surface area (Å²) in [6, 6.07) is 7.58. The Hall–Kier alpha value is -2.08. The minimum absolute atomic E-state index is 0.165. The molecule has 0 radical (unpaired) electrons. The lowest BCUT2D eigenvalue weighted by molar-refractivity contribution is -0.134. The van der Waals surface area contributed by atoms with Crippen molar-refractivity contribution in [3.8, 4) is 0 Å². The van der Waals surface area contributed by atoms with Crippen molar-refractivity contribution in [3.05, 3.63) is 24.3 Å². The van der Waals surface area contributed by atoms with Gasteiger partial charge in [0.2, 0.25) is 11.8 Å². The fourth-order valence-corrected chi connectivity index (χ4v) is 2.34. The monoisotopic (exact) mass is 318 g/mol. The van der Waals surface area contributed by atoms with Crippen LogP contribution in [0.1, 0.15) is 12.8 Å². The molecule has 126 valence electrons. The van der Waals surface area contributed by atoms with Crippen molar-refractivity contribution in [3.63, 3.8) is 0 Å². The highest BCUT2D eigenvalue weighted by Crippen LogP contribution is 2.46. The van der Waals surface area contributed by atoms with Gasteiger partial charge in [0.1, 0.15) is 5.41 Å². The maximum Gasteiger partial charge on any atom is 0.240 e. The van der Waals surface area contributed by atoms with Gasteiger partial charge in [0.25, 0.3) is 0 Å². The zero-order chi connectivity index (χ0) is 17.0. The van der Waals surface area contributed by atoms with Crippen molar-refractivity contribution < 1.29 is 9.59 Å². The molecule has 1 aromatic carbocycles. The minimum Gasteiger partial charge on any atom is -0.378 e. The second kappa shape index (κ2) is 7.00. The van der Waals surface area contributed by atoms with E-state index in [4.69, 9.17) is 0 Å². The Bertz CT molecular complexity index is 562. The van der Waals surface area contributed by atoms with Gasteiger partial charge in [-0.05, 0) is 51.2 Å². The van der Waals surface area contributed by atoms with E-state index in [1.165, 1.54) is 0 Å². The molecular formula is C17H26N4O2. The number of benzene rings is 1. The summed E-state index contributed by atoms with van der Waals surface area (Å²) in [5.74, 6) is -0.376. The van der Waals surface area contributed by atoms with Crippen LogP contribution in [-0.2, 0) is 9.59 Å². The van der Waals surface area contributed by atoms with Crippen molar-refractivity contribution in [1.82, 2.24) is 10.2 Å². The van der Waals surface area contributed by atoms with Gasteiger partial charge in [-0.25, -0.2) is 0 Å². The summed E-state index contributed by atoms with van der Waals surface area (Å²) >= 11 is 0. The van der Waals surface area contributed by atoms with E-state index in [1.54, 1.807) is 0 Å². The second-order valence-corrected chi connectivity index (χ2v) is 6.54. The van der Waals surface area contributed by atoms with Crippen LogP contribution in [0.25, 0.3) is 0 Å². The Labute approximate surface area is 137 Å². The maximum atomic E-state index is 12.5. The van der Waals surface area contributed by atoms with E-state index < -0.39 is 5.41 Å². The lowest BCUT2D eigenvalue weighted by Gasteiger charge is -2.17. The van der Waals surface area contributed by atoms with Gasteiger partial charge in [0.15, 0.2) is 0 Å². The first-order valence-electron chi connectivity index (χ1n) is 7.87. The highest BCUT2D eigenvalue weighted by atomic mass is 16.2. The largest absolute Gasteiger partial charge is 0.378 e. The van der Waals surface area contributed by atoms with E-state index in [0.717, 1.165) is 12.2 Å². The zero-order valence-corrected chi connectivity index (χ0v) is 14.3. The first-order chi connectivity index (χ1) is 10.8. The molecule has 0 aliphatic heterocycles. The van der Waals surface area contributed by atoms with Gasteiger partial charge in [-0.15, -0.1) is 0 Å². The van der Waals surface area contributed by atoms with Crippen LogP contribution < -0.4 is 15.5 Å². The molecule has 2 N–H and O–H groups in total. The number of nitrogens with zero attached hydrogens (tertiary/aromatic N) is 2. The molecule has 1 fully saturated rings. The quantitative estimate of drug-likeness (QED) is 0.740. The molecule has 1 aromatic rings. The van der Waals surface area contributed by atoms with E-state index in [-0.39, 0.29) is 11.8 Å². The summed E-state index contributed by atoms with van der Waals surface area (Å²) in [6.45, 7) is 1.31. The molecule has 1 aliphatic carbocycles. The molecule has 0 atom stereocenters. The second-order valence-electron chi connectivity index (χ2n) is 6.54. The number of anilines is 2. The number of hydrogen-bond acceptors (Lipinski definition) is 4. The molecule has 0 unspecified atom stereocenters. The Morgan fingerprint density at radius 1 is 1.04 bits per heavy atom. The van der Waals surface area contributed by atoms with Crippen LogP contribution >= 0.6 is 0 Å². The number of likely N-dealkylation sites (N-methyl/N-ethyl adjacent to an activating group) is 1. The van der Waals surface area contributed by atoms with Gasteiger partial charge in [-0.1, -0.05) is 0 Å². The van der Waals surface area contributed by atoms with Gasteiger partial charge in [0, 0.05) is 38.6 Å². The van der Waals surface area contributed by atoms with Gasteiger partial charge in [0.05, 0.1) is 0 Å². The highest BCUT2D eigenvalue weighted by molar-refractivity contribution is 6.13. The third kappa shape index (κ3) is 4.22. The van der Waals surface area contributed by atoms with E-state index in [9.17, 15) is 9.59 Å². The van der Waals surface area contributed by atoms with Crippen LogP contribution in [0, 0.1) is 5.41 Å². The molecule has 23 heavy (non-hydrogen) atoms. The van der Waals surface area contributed by atoms with E-state index in [0.29, 0.717) is 25.1 Å². The fourth-order valence-electron chi connectivity index (χ4n) is 2.34. The molecule has 0 spiro atoms. The topological polar surface area (TPSA) is 64.7 Å². The predicted octanol–water partition coefficient (Wildman–Crippen LogP) is 1.15. The summed E-state index contributed by atoms with van der Waals surface area (Å²) in [7, 11) is 7.82. The number of hydrogen-bond donors (Lipinski definition) is 2. The Morgan fingerprint density at radius 2 is 1.65 bits per heavy atom. The van der Waals surface area contributed by atoms with Crippen molar-refractivity contribution in [2.45, 2.75) is 12.8 Å². The van der Waals surface area contributed by atoms with Crippen LogP contribution in [0.4, 0.5) is 11.4 Å². The number of rotatable bonds is 7. The summed E-state index contributed by atoms with van der Waals surface area (Å²) in [5.41, 5.74) is 0.894. The maximum absolute atomic E-state index is 12.5. The summed E-state index contributed by atoms with van der Waals surface area (Å²) in [5, 5.41) is 5.72. The first-order valence-corrected chi connectivity index (χ1v) is 7.87. The molecule has 0 heterocycles. The molecule has 6 nitrogen and oxygen atoms in total. The number of carbonyl (C=O) groups excluding carboxylic acids is 2. The smallest absolute Gasteiger partial charge is 0.240 e. The van der Waals surface area contributed by atoms with Crippen molar-refractivity contribution in [1.29, 1.82) is 0 Å². The predicted molar refractivity (Wildman–Crippen MR) is 92.6 cm³/mol. The van der Waals surface area contributed by atoms with Crippen LogP contribution in [0.15, 0.2) is 24.3 Å². The van der Waals surface area contributed by atoms with Crippen LogP contribution in [-0.4, -0.2) is 58.0 Å². The summed E-state index contributed by atoms with van der Waals surface area (Å²) < 4.78 is 0. The lowest BCUT2D eigenvalue weighted by Crippen LogP contribution is -2.42. The average molecular weight is 318 g/mol. The molecule has 1 saturated carbocycles. The molecule has 6 heteroatoms. The lowest BCUT2D eigenvalue weighted by atomic mass is 10.0. The molecule has 1 aliphatic rings. The number of carbonyl (C=O) groups is 2. The third-order valence-electron chi connectivity index (χ3n) is 4.11. The molecule has 2 amide bonds. The normalized spacial score (nSPS) is 15.2. The minimum atomic E-state index is -0.882. The Morgan fingerprint density at radius 3 is 2.13 bits per heavy atom. The number of nitrogens with one attached hydrogen (secondary N) is 2. The SMILES string of the molecule is CN(C)CCNC(=O)C1(C(=O)Nc2ccc(N(C)C)cc2)CC1. The van der Waals surface area contributed by atoms with Crippen LogP contribution in [0.5, 0.6) is 0 Å². The van der Waals surface area contributed by atoms with Gasteiger partial charge >= 0.3 is 0 Å². The van der Waals surface area contributed by atoms with E-state index >= 15 is 0 Å². The van der Waals surface area contributed by atoms with Gasteiger partial charge < -0.3 is 20.4 Å². The Kier molecular flexibility index (Phi) is 5.26. The average Bonchev–Trinajstić information content (AvgIpc) is 3.29. The highest BCUT2D eigenvalue weighted by Gasteiger charge is 2.56. The third-order valence-corrected chi connectivity index (χ3v) is 4.11. The Balaban J connectivity index is 1.92. The summed E-state index contributed by atoms with van der Waals surface area (Å²) in [6.07, 6.45) is 1.23. The zero-order valence-electron chi connectivity index (χ0n) is 14.3.